The van der Waals surface area contributed by atoms with Gasteiger partial charge in [0.25, 0.3) is 0 Å². The lowest BCUT2D eigenvalue weighted by Crippen LogP contribution is -2.57. The zero-order valence-corrected chi connectivity index (χ0v) is 6.77. The summed E-state index contributed by atoms with van der Waals surface area (Å²) >= 11 is 0. The molecule has 1 N–H and O–H groups in total. The minimum Gasteiger partial charge on any atom is -0.341 e. The van der Waals surface area contributed by atoms with E-state index < -0.39 is 0 Å². The zero-order valence-electron chi connectivity index (χ0n) is 6.77. The van der Waals surface area contributed by atoms with Gasteiger partial charge in [0.15, 0.2) is 0 Å². The number of carbonyl (C=O) groups excluding carboxylic acids is 1. The number of nitrogens with zero attached hydrogens (tertiary/aromatic N) is 1. The van der Waals surface area contributed by atoms with Crippen LogP contribution < -0.4 is 5.32 Å². The van der Waals surface area contributed by atoms with Gasteiger partial charge in [0.2, 0.25) is 0 Å². The van der Waals surface area contributed by atoms with Gasteiger partial charge in [0, 0.05) is 25.6 Å². The molecule has 1 aliphatic rings. The highest BCUT2D eigenvalue weighted by atomic mass is 16.2. The lowest BCUT2D eigenvalue weighted by molar-refractivity contribution is 0.0628. The second-order valence-corrected chi connectivity index (χ2v) is 3.58. The minimum absolute atomic E-state index is 0.0410. The molecule has 1 heterocycles. The van der Waals surface area contributed by atoms with Crippen LogP contribution in [0.25, 0.3) is 0 Å². The predicted octanol–water partition coefficient (Wildman–Crippen LogP) is 0.668. The average Bonchev–Trinajstić information content (AvgIpc) is 1.81. The molecule has 1 fully saturated rings. The second kappa shape index (κ2) is 2.15. The second-order valence-electron chi connectivity index (χ2n) is 3.58. The summed E-state index contributed by atoms with van der Waals surface area (Å²) in [6.45, 7) is 6.08. The largest absolute Gasteiger partial charge is 0.341 e. The van der Waals surface area contributed by atoms with Gasteiger partial charge in [0.05, 0.1) is 0 Å². The van der Waals surface area contributed by atoms with Crippen LogP contribution >= 0.6 is 0 Å². The quantitative estimate of drug-likeness (QED) is 0.529. The van der Waals surface area contributed by atoms with E-state index in [1.54, 1.807) is 11.9 Å². The van der Waals surface area contributed by atoms with E-state index in [9.17, 15) is 4.79 Å². The Morgan fingerprint density at radius 1 is 1.50 bits per heavy atom. The molecule has 10 heavy (non-hydrogen) atoms. The van der Waals surface area contributed by atoms with Crippen LogP contribution in [0.4, 0.5) is 4.79 Å². The van der Waals surface area contributed by atoms with E-state index >= 15 is 0 Å². The molecule has 3 heteroatoms. The van der Waals surface area contributed by atoms with Crippen molar-refractivity contribution >= 4 is 6.03 Å². The van der Waals surface area contributed by atoms with Crippen molar-refractivity contribution in [1.29, 1.82) is 0 Å². The van der Waals surface area contributed by atoms with Crippen molar-refractivity contribution in [3.8, 4) is 0 Å². The van der Waals surface area contributed by atoms with Crippen LogP contribution in [0.3, 0.4) is 0 Å². The summed E-state index contributed by atoms with van der Waals surface area (Å²) in [6, 6.07) is 0.0410. The SMILES string of the molecule is CNC(=O)N1CC(C)(C)C1. The van der Waals surface area contributed by atoms with Crippen LogP contribution in [-0.2, 0) is 0 Å². The van der Waals surface area contributed by atoms with E-state index in [-0.39, 0.29) is 6.03 Å². The molecule has 2 amide bonds. The molecule has 3 nitrogen and oxygen atoms in total. The first-order valence-electron chi connectivity index (χ1n) is 3.52. The van der Waals surface area contributed by atoms with Crippen molar-refractivity contribution in [2.75, 3.05) is 20.1 Å². The fourth-order valence-electron chi connectivity index (χ4n) is 1.29. The number of hydrogen-bond donors (Lipinski definition) is 1. The number of carbonyl (C=O) groups is 1. The van der Waals surface area contributed by atoms with Gasteiger partial charge >= 0.3 is 6.03 Å². The summed E-state index contributed by atoms with van der Waals surface area (Å²) in [7, 11) is 1.66. The van der Waals surface area contributed by atoms with Gasteiger partial charge in [-0.3, -0.25) is 0 Å². The normalized spacial score (nSPS) is 21.7. The molecule has 0 unspecified atom stereocenters. The van der Waals surface area contributed by atoms with Crippen LogP contribution in [0, 0.1) is 5.41 Å². The fourth-order valence-corrected chi connectivity index (χ4v) is 1.29. The molecule has 1 aliphatic heterocycles. The lowest BCUT2D eigenvalue weighted by Gasteiger charge is -2.45. The molecule has 1 saturated heterocycles. The van der Waals surface area contributed by atoms with Gasteiger partial charge in [-0.15, -0.1) is 0 Å². The smallest absolute Gasteiger partial charge is 0.317 e. The van der Waals surface area contributed by atoms with Gasteiger partial charge < -0.3 is 10.2 Å². The molecule has 0 aromatic carbocycles. The number of rotatable bonds is 0. The van der Waals surface area contributed by atoms with E-state index in [1.807, 2.05) is 0 Å². The molecule has 0 aliphatic carbocycles. The van der Waals surface area contributed by atoms with Crippen molar-refractivity contribution < 1.29 is 4.79 Å². The van der Waals surface area contributed by atoms with Crippen molar-refractivity contribution in [3.63, 3.8) is 0 Å². The van der Waals surface area contributed by atoms with E-state index in [2.05, 4.69) is 19.2 Å². The molecule has 1 rings (SSSR count). The van der Waals surface area contributed by atoms with Gasteiger partial charge in [-0.25, -0.2) is 4.79 Å². The third-order valence-corrected chi connectivity index (χ3v) is 1.74. The number of urea groups is 1. The van der Waals surface area contributed by atoms with Crippen molar-refractivity contribution in [1.82, 2.24) is 10.2 Å². The number of amides is 2. The molecule has 0 spiro atoms. The van der Waals surface area contributed by atoms with Crippen LogP contribution in [0.2, 0.25) is 0 Å². The van der Waals surface area contributed by atoms with E-state index in [1.165, 1.54) is 0 Å². The van der Waals surface area contributed by atoms with Crippen LogP contribution in [0.1, 0.15) is 13.8 Å². The Balaban J connectivity index is 2.33. The lowest BCUT2D eigenvalue weighted by atomic mass is 9.85. The van der Waals surface area contributed by atoms with E-state index in [0.29, 0.717) is 5.41 Å². The van der Waals surface area contributed by atoms with Crippen LogP contribution in [0.15, 0.2) is 0 Å². The highest BCUT2D eigenvalue weighted by Gasteiger charge is 2.36. The van der Waals surface area contributed by atoms with Gasteiger partial charge in [-0.05, 0) is 0 Å². The molecule has 0 bridgehead atoms. The van der Waals surface area contributed by atoms with Crippen molar-refractivity contribution in [2.45, 2.75) is 13.8 Å². The van der Waals surface area contributed by atoms with E-state index in [4.69, 9.17) is 0 Å². The van der Waals surface area contributed by atoms with Crippen LogP contribution in [0.5, 0.6) is 0 Å². The third-order valence-electron chi connectivity index (χ3n) is 1.74. The molecule has 0 radical (unpaired) electrons. The summed E-state index contributed by atoms with van der Waals surface area (Å²) in [6.07, 6.45) is 0. The topological polar surface area (TPSA) is 32.3 Å². The molecule has 58 valence electrons. The summed E-state index contributed by atoms with van der Waals surface area (Å²) < 4.78 is 0. The highest BCUT2D eigenvalue weighted by molar-refractivity contribution is 5.74. The first-order chi connectivity index (χ1) is 4.55. The Kier molecular flexibility index (Phi) is 1.58. The first-order valence-corrected chi connectivity index (χ1v) is 3.52. The highest BCUT2D eigenvalue weighted by Crippen LogP contribution is 2.27. The molecular formula is C7H14N2O. The average molecular weight is 142 g/mol. The van der Waals surface area contributed by atoms with Gasteiger partial charge in [-0.2, -0.15) is 0 Å². The maximum atomic E-state index is 10.9. The maximum Gasteiger partial charge on any atom is 0.317 e. The molecule has 0 saturated carbocycles. The van der Waals surface area contributed by atoms with Crippen molar-refractivity contribution in [3.05, 3.63) is 0 Å². The van der Waals surface area contributed by atoms with Crippen LogP contribution in [-0.4, -0.2) is 31.1 Å². The third kappa shape index (κ3) is 1.23. The van der Waals surface area contributed by atoms with E-state index in [0.717, 1.165) is 13.1 Å². The zero-order chi connectivity index (χ0) is 7.78. The number of nitrogens with one attached hydrogen (secondary N) is 1. The maximum absolute atomic E-state index is 10.9. The molecule has 0 aromatic heterocycles. The van der Waals surface area contributed by atoms with Crippen molar-refractivity contribution in [2.24, 2.45) is 5.41 Å². The Bertz CT molecular complexity index is 146. The Morgan fingerprint density at radius 2 is 2.00 bits per heavy atom. The monoisotopic (exact) mass is 142 g/mol. The Morgan fingerprint density at radius 3 is 2.30 bits per heavy atom. The van der Waals surface area contributed by atoms with Gasteiger partial charge in [-0.1, -0.05) is 13.8 Å². The first kappa shape index (κ1) is 7.38. The Hall–Kier alpha value is -0.730. The summed E-state index contributed by atoms with van der Waals surface area (Å²) in [5, 5.41) is 2.59. The fraction of sp³-hybridized carbons (Fsp3) is 0.857. The standard InChI is InChI=1S/C7H14N2O/c1-7(2)4-9(5-7)6(10)8-3/h4-5H2,1-3H3,(H,8,10). The predicted molar refractivity (Wildman–Crippen MR) is 39.8 cm³/mol. The molecule has 0 atom stereocenters. The Labute approximate surface area is 61.4 Å². The number of hydrogen-bond acceptors (Lipinski definition) is 1. The summed E-state index contributed by atoms with van der Waals surface area (Å²) in [5.41, 5.74) is 0.340. The summed E-state index contributed by atoms with van der Waals surface area (Å²) in [5.74, 6) is 0. The number of likely N-dealkylation sites (tertiary alicyclic amines) is 1. The minimum atomic E-state index is 0.0410. The molecular weight excluding hydrogens is 128 g/mol. The van der Waals surface area contributed by atoms with Gasteiger partial charge in [0.1, 0.15) is 0 Å². The summed E-state index contributed by atoms with van der Waals surface area (Å²) in [4.78, 5) is 12.7. The molecule has 0 aromatic rings.